The summed E-state index contributed by atoms with van der Waals surface area (Å²) in [6.07, 6.45) is 1.32. The first-order valence-electron chi connectivity index (χ1n) is 3.08. The van der Waals surface area contributed by atoms with Crippen LogP contribution in [0.3, 0.4) is 0 Å². The molecule has 0 aliphatic carbocycles. The van der Waals surface area contributed by atoms with Gasteiger partial charge in [0.25, 0.3) is 4.92 Å². The third-order valence-electron chi connectivity index (χ3n) is 1.23. The molecule has 12 heavy (non-hydrogen) atoms. The third kappa shape index (κ3) is 1.74. The number of rotatable bonds is 2. The van der Waals surface area contributed by atoms with Crippen LogP contribution < -0.4 is 0 Å². The van der Waals surface area contributed by atoms with E-state index in [1.165, 1.54) is 30.3 Å². The minimum absolute atomic E-state index is 0.0199. The fraction of sp³-hybridized carbons (Fsp3) is 0. The summed E-state index contributed by atoms with van der Waals surface area (Å²) in [5.74, 6) is 0. The molecular formula is C7H5N2O3+. The molecule has 0 aliphatic rings. The maximum absolute atomic E-state index is 10.3. The topological polar surface area (TPSA) is 69.7 Å². The summed E-state index contributed by atoms with van der Waals surface area (Å²) in [6.45, 7) is 0. The lowest BCUT2D eigenvalue weighted by molar-refractivity contribution is -0.729. The van der Waals surface area contributed by atoms with E-state index in [2.05, 4.69) is 4.99 Å². The summed E-state index contributed by atoms with van der Waals surface area (Å²) in [5, 5.41) is 8.45. The number of hydrogen-bond acceptors (Lipinski definition) is 3. The van der Waals surface area contributed by atoms with Gasteiger partial charge < -0.3 is 0 Å². The van der Waals surface area contributed by atoms with Crippen LogP contribution in [0, 0.1) is 4.91 Å². The Labute approximate surface area is 67.5 Å². The second kappa shape index (κ2) is 3.41. The second-order valence-electron chi connectivity index (χ2n) is 2.00. The first-order valence-corrected chi connectivity index (χ1v) is 3.08. The van der Waals surface area contributed by atoms with E-state index >= 15 is 0 Å². The number of aliphatic imine (C=N–C) groups is 1. The molecule has 0 heterocycles. The van der Waals surface area contributed by atoms with Gasteiger partial charge in [0, 0.05) is 12.1 Å². The molecule has 0 saturated carbocycles. The largest absolute Gasteiger partial charge is 0.318 e. The van der Waals surface area contributed by atoms with Gasteiger partial charge in [0.1, 0.15) is 0 Å². The average molecular weight is 165 g/mol. The van der Waals surface area contributed by atoms with Crippen LogP contribution in [0.15, 0.2) is 29.3 Å². The van der Waals surface area contributed by atoms with Gasteiger partial charge >= 0.3 is 5.69 Å². The van der Waals surface area contributed by atoms with E-state index in [0.717, 1.165) is 0 Å². The fourth-order valence-corrected chi connectivity index (χ4v) is 0.734. The second-order valence-corrected chi connectivity index (χ2v) is 2.00. The molecule has 0 bridgehead atoms. The lowest BCUT2D eigenvalue weighted by Gasteiger charge is -1.86. The van der Waals surface area contributed by atoms with Gasteiger partial charge in [-0.15, -0.1) is 0 Å². The van der Waals surface area contributed by atoms with Gasteiger partial charge in [-0.05, 0) is 6.07 Å². The number of nitrogens with zero attached hydrogens (tertiary/aromatic N) is 2. The van der Waals surface area contributed by atoms with Crippen LogP contribution >= 0.6 is 0 Å². The highest BCUT2D eigenvalue weighted by Crippen LogP contribution is 2.18. The molecular weight excluding hydrogens is 160 g/mol. The van der Waals surface area contributed by atoms with Gasteiger partial charge in [0.15, 0.2) is 0 Å². The van der Waals surface area contributed by atoms with Crippen molar-refractivity contribution in [3.8, 4) is 0 Å². The Morgan fingerprint density at radius 1 is 1.50 bits per heavy atom. The molecule has 5 heteroatoms. The normalized spacial score (nSPS) is 8.67. The fourth-order valence-electron chi connectivity index (χ4n) is 0.734. The van der Waals surface area contributed by atoms with Crippen LogP contribution in [0.2, 0.25) is 0 Å². The van der Waals surface area contributed by atoms with E-state index in [-0.39, 0.29) is 16.3 Å². The SMILES string of the molecule is O=C=Nc1cccc([N+](=O)O)c1. The molecule has 0 radical (unpaired) electrons. The monoisotopic (exact) mass is 165 g/mol. The van der Waals surface area contributed by atoms with Crippen molar-refractivity contribution in [1.29, 1.82) is 0 Å². The Morgan fingerprint density at radius 3 is 2.83 bits per heavy atom. The van der Waals surface area contributed by atoms with E-state index in [4.69, 9.17) is 5.21 Å². The Hall–Kier alpha value is -2.00. The van der Waals surface area contributed by atoms with E-state index in [1.807, 2.05) is 0 Å². The third-order valence-corrected chi connectivity index (χ3v) is 1.23. The van der Waals surface area contributed by atoms with E-state index < -0.39 is 0 Å². The minimum Gasteiger partial charge on any atom is -0.241 e. The molecule has 0 aliphatic heterocycles. The van der Waals surface area contributed by atoms with Crippen molar-refractivity contribution in [2.75, 3.05) is 0 Å². The average Bonchev–Trinajstić information content (AvgIpc) is 2.05. The molecule has 1 rings (SSSR count). The predicted octanol–water partition coefficient (Wildman–Crippen LogP) is 1.45. The van der Waals surface area contributed by atoms with Crippen molar-refractivity contribution in [3.05, 3.63) is 29.2 Å². The molecule has 0 unspecified atom stereocenters. The first-order chi connectivity index (χ1) is 5.74. The summed E-state index contributed by atoms with van der Waals surface area (Å²) in [4.78, 5) is 23.1. The van der Waals surface area contributed by atoms with Crippen molar-refractivity contribution in [2.45, 2.75) is 0 Å². The highest BCUT2D eigenvalue weighted by atomic mass is 16.6. The smallest absolute Gasteiger partial charge is 0.241 e. The first kappa shape index (κ1) is 8.10. The summed E-state index contributed by atoms with van der Waals surface area (Å²) in [6, 6.07) is 5.65. The number of carbonyl (C=O) groups excluding carboxylic acids is 1. The Kier molecular flexibility index (Phi) is 2.30. The van der Waals surface area contributed by atoms with Gasteiger partial charge in [0.05, 0.1) is 10.6 Å². The molecule has 0 spiro atoms. The Bertz CT molecular complexity index is 338. The van der Waals surface area contributed by atoms with Gasteiger partial charge in [-0.25, -0.2) is 10.0 Å². The van der Waals surface area contributed by atoms with Crippen molar-refractivity contribution in [2.24, 2.45) is 4.99 Å². The van der Waals surface area contributed by atoms with Gasteiger partial charge in [0.2, 0.25) is 6.08 Å². The zero-order valence-electron chi connectivity index (χ0n) is 5.97. The van der Waals surface area contributed by atoms with Crippen LogP contribution in [0.25, 0.3) is 0 Å². The van der Waals surface area contributed by atoms with E-state index in [1.54, 1.807) is 0 Å². The Balaban J connectivity index is 3.11. The number of hydrogen-bond donors (Lipinski definition) is 1. The quantitative estimate of drug-likeness (QED) is 0.409. The van der Waals surface area contributed by atoms with Crippen molar-refractivity contribution < 1.29 is 14.9 Å². The lowest BCUT2D eigenvalue weighted by Crippen LogP contribution is -1.90. The van der Waals surface area contributed by atoms with Crippen LogP contribution in [0.4, 0.5) is 11.4 Å². The molecule has 0 saturated heterocycles. The number of isocyanates is 1. The molecule has 0 fully saturated rings. The molecule has 1 N–H and O–H groups in total. The van der Waals surface area contributed by atoms with Gasteiger partial charge in [-0.2, -0.15) is 4.99 Å². The standard InChI is InChI=1S/C7H5N2O3/c10-5-8-6-2-1-3-7(4-6)9(11)12/h1-4H,(H,11,12)/q+1. The van der Waals surface area contributed by atoms with Crippen LogP contribution in [-0.2, 0) is 4.79 Å². The predicted molar refractivity (Wildman–Crippen MR) is 39.3 cm³/mol. The van der Waals surface area contributed by atoms with Crippen molar-refractivity contribution in [1.82, 2.24) is 0 Å². The highest BCUT2D eigenvalue weighted by molar-refractivity contribution is 5.52. The summed E-state index contributed by atoms with van der Waals surface area (Å²) < 4.78 is 0. The van der Waals surface area contributed by atoms with Crippen LogP contribution in [0.5, 0.6) is 0 Å². The van der Waals surface area contributed by atoms with Crippen molar-refractivity contribution >= 4 is 17.5 Å². The molecule has 1 aromatic carbocycles. The molecule has 0 aromatic heterocycles. The zero-order valence-corrected chi connectivity index (χ0v) is 5.97. The molecule has 1 aromatic rings. The zero-order chi connectivity index (χ0) is 8.97. The van der Waals surface area contributed by atoms with E-state index in [9.17, 15) is 9.70 Å². The summed E-state index contributed by atoms with van der Waals surface area (Å²) >= 11 is 0. The minimum atomic E-state index is -0.302. The van der Waals surface area contributed by atoms with Gasteiger partial charge in [-0.3, -0.25) is 0 Å². The summed E-state index contributed by atoms with van der Waals surface area (Å²) in [7, 11) is 0. The maximum Gasteiger partial charge on any atom is 0.318 e. The highest BCUT2D eigenvalue weighted by Gasteiger charge is 2.10. The lowest BCUT2D eigenvalue weighted by atomic mass is 10.3. The molecule has 0 atom stereocenters. The van der Waals surface area contributed by atoms with Crippen LogP contribution in [-0.4, -0.2) is 16.2 Å². The van der Waals surface area contributed by atoms with Crippen molar-refractivity contribution in [3.63, 3.8) is 0 Å². The van der Waals surface area contributed by atoms with E-state index in [0.29, 0.717) is 0 Å². The molecule has 5 nitrogen and oxygen atoms in total. The maximum atomic E-state index is 10.3. The molecule has 0 amide bonds. The van der Waals surface area contributed by atoms with Gasteiger partial charge in [-0.1, -0.05) is 6.07 Å². The summed E-state index contributed by atoms with van der Waals surface area (Å²) in [5.41, 5.74) is 0.295. The Morgan fingerprint density at radius 2 is 2.25 bits per heavy atom. The number of benzene rings is 1. The molecule has 60 valence electrons. The van der Waals surface area contributed by atoms with Crippen LogP contribution in [0.1, 0.15) is 0 Å².